The summed E-state index contributed by atoms with van der Waals surface area (Å²) in [6, 6.07) is 7.62. The van der Waals surface area contributed by atoms with E-state index in [0.717, 1.165) is 17.7 Å². The Hall–Kier alpha value is -2.34. The summed E-state index contributed by atoms with van der Waals surface area (Å²) in [4.78, 5) is 31.6. The first kappa shape index (κ1) is 15.9. The van der Waals surface area contributed by atoms with Gasteiger partial charge in [0.05, 0.1) is 38.2 Å². The predicted octanol–water partition coefficient (Wildman–Crippen LogP) is 2.12. The average Bonchev–Trinajstić information content (AvgIpc) is 3.40. The minimum Gasteiger partial charge on any atom is -0.493 e. The molecule has 136 valence electrons. The maximum absolute atomic E-state index is 13.5. The molecule has 5 rings (SSSR count). The van der Waals surface area contributed by atoms with Gasteiger partial charge in [-0.3, -0.25) is 14.4 Å². The average molecular weight is 355 g/mol. The molecule has 26 heavy (non-hydrogen) atoms. The standard InChI is InChI=1S/C20H21NO5/c1-24-20(23)17-12-7-6-11(8-12)16(17)19(22)21-18-13(10-26-21)9-25-15-5-3-2-4-14(15)18/h2-7,11-13,16-18H,8-10H2,1H3/t11-,12+,13-,16-,17+,18+/m0/s1. The minimum atomic E-state index is -0.416. The number of para-hydroxylation sites is 1. The van der Waals surface area contributed by atoms with Crippen molar-refractivity contribution in [3.8, 4) is 5.75 Å². The number of nitrogens with zero attached hydrogens (tertiary/aromatic N) is 1. The molecule has 1 aromatic carbocycles. The summed E-state index contributed by atoms with van der Waals surface area (Å²) in [7, 11) is 1.39. The van der Waals surface area contributed by atoms with Gasteiger partial charge in [-0.25, -0.2) is 5.06 Å². The van der Waals surface area contributed by atoms with Crippen LogP contribution in [0.2, 0.25) is 0 Å². The normalized spacial score (nSPS) is 36.4. The number of hydrogen-bond donors (Lipinski definition) is 0. The van der Waals surface area contributed by atoms with Crippen LogP contribution in [0.15, 0.2) is 36.4 Å². The number of benzene rings is 1. The first-order valence-electron chi connectivity index (χ1n) is 9.13. The Kier molecular flexibility index (Phi) is 3.57. The minimum absolute atomic E-state index is 0.0781. The summed E-state index contributed by atoms with van der Waals surface area (Å²) in [5.74, 6) is -0.165. The quantitative estimate of drug-likeness (QED) is 0.601. The van der Waals surface area contributed by atoms with Gasteiger partial charge in [0.15, 0.2) is 0 Å². The third kappa shape index (κ3) is 2.14. The van der Waals surface area contributed by atoms with Crippen molar-refractivity contribution in [2.24, 2.45) is 29.6 Å². The first-order valence-corrected chi connectivity index (χ1v) is 9.13. The van der Waals surface area contributed by atoms with Crippen molar-refractivity contribution < 1.29 is 23.9 Å². The van der Waals surface area contributed by atoms with Crippen LogP contribution in [0.4, 0.5) is 0 Å². The number of rotatable bonds is 2. The van der Waals surface area contributed by atoms with Crippen molar-refractivity contribution >= 4 is 11.9 Å². The van der Waals surface area contributed by atoms with Gasteiger partial charge in [0.2, 0.25) is 0 Å². The van der Waals surface area contributed by atoms with Crippen LogP contribution < -0.4 is 4.74 Å². The largest absolute Gasteiger partial charge is 0.493 e. The van der Waals surface area contributed by atoms with E-state index in [1.807, 2.05) is 30.3 Å². The Balaban J connectivity index is 1.48. The van der Waals surface area contributed by atoms with Gasteiger partial charge >= 0.3 is 5.97 Å². The van der Waals surface area contributed by atoms with Crippen molar-refractivity contribution in [1.29, 1.82) is 0 Å². The molecule has 2 aliphatic heterocycles. The first-order chi connectivity index (χ1) is 12.7. The molecule has 2 bridgehead atoms. The molecule has 6 nitrogen and oxygen atoms in total. The van der Waals surface area contributed by atoms with Crippen molar-refractivity contribution in [3.05, 3.63) is 42.0 Å². The zero-order chi connectivity index (χ0) is 17.8. The Morgan fingerprint density at radius 3 is 2.69 bits per heavy atom. The van der Waals surface area contributed by atoms with Crippen molar-refractivity contribution in [3.63, 3.8) is 0 Å². The van der Waals surface area contributed by atoms with E-state index in [2.05, 4.69) is 6.08 Å². The molecule has 1 aromatic rings. The maximum Gasteiger partial charge on any atom is 0.310 e. The molecule has 1 saturated carbocycles. The molecule has 0 radical (unpaired) electrons. The fraction of sp³-hybridized carbons (Fsp3) is 0.500. The summed E-state index contributed by atoms with van der Waals surface area (Å²) in [5, 5.41) is 1.52. The molecule has 4 aliphatic rings. The number of carbonyl (C=O) groups is 2. The van der Waals surface area contributed by atoms with Gasteiger partial charge in [-0.2, -0.15) is 0 Å². The van der Waals surface area contributed by atoms with Gasteiger partial charge < -0.3 is 9.47 Å². The second-order valence-electron chi connectivity index (χ2n) is 7.54. The number of fused-ring (bicyclic) bond motifs is 5. The van der Waals surface area contributed by atoms with Crippen LogP contribution in [0, 0.1) is 29.6 Å². The van der Waals surface area contributed by atoms with Crippen LogP contribution in [0.25, 0.3) is 0 Å². The van der Waals surface area contributed by atoms with Crippen LogP contribution >= 0.6 is 0 Å². The molecule has 1 saturated heterocycles. The number of ether oxygens (including phenoxy) is 2. The number of carbonyl (C=O) groups excluding carboxylic acids is 2. The summed E-state index contributed by atoms with van der Waals surface area (Å²) in [5.41, 5.74) is 0.975. The predicted molar refractivity (Wildman–Crippen MR) is 90.7 cm³/mol. The molecule has 0 spiro atoms. The molecule has 2 fully saturated rings. The molecule has 6 heteroatoms. The third-order valence-corrected chi connectivity index (χ3v) is 6.25. The summed E-state index contributed by atoms with van der Waals surface area (Å²) in [6.07, 6.45) is 4.95. The third-order valence-electron chi connectivity index (χ3n) is 6.25. The number of hydrogen-bond acceptors (Lipinski definition) is 5. The summed E-state index contributed by atoms with van der Waals surface area (Å²) < 4.78 is 10.8. The molecule has 0 unspecified atom stereocenters. The number of methoxy groups -OCH3 is 1. The molecule has 2 heterocycles. The lowest BCUT2D eigenvalue weighted by molar-refractivity contribution is -0.186. The van der Waals surface area contributed by atoms with Crippen molar-refractivity contribution in [2.75, 3.05) is 20.3 Å². The van der Waals surface area contributed by atoms with E-state index >= 15 is 0 Å². The Bertz CT molecular complexity index is 790. The number of amides is 1. The highest BCUT2D eigenvalue weighted by atomic mass is 16.7. The van der Waals surface area contributed by atoms with Gasteiger partial charge in [0, 0.05) is 11.5 Å². The lowest BCUT2D eigenvalue weighted by Gasteiger charge is -2.34. The van der Waals surface area contributed by atoms with E-state index in [4.69, 9.17) is 14.3 Å². The van der Waals surface area contributed by atoms with Crippen LogP contribution in [-0.4, -0.2) is 37.3 Å². The Labute approximate surface area is 151 Å². The number of esters is 1. The lowest BCUT2D eigenvalue weighted by Crippen LogP contribution is -2.43. The highest BCUT2D eigenvalue weighted by Crippen LogP contribution is 2.51. The van der Waals surface area contributed by atoms with Gasteiger partial charge in [-0.15, -0.1) is 0 Å². The number of hydroxylamine groups is 2. The van der Waals surface area contributed by atoms with Crippen LogP contribution in [0.1, 0.15) is 18.0 Å². The van der Waals surface area contributed by atoms with E-state index < -0.39 is 11.8 Å². The fourth-order valence-electron chi connectivity index (χ4n) is 5.08. The molecule has 6 atom stereocenters. The highest BCUT2D eigenvalue weighted by molar-refractivity contribution is 5.87. The highest BCUT2D eigenvalue weighted by Gasteiger charge is 2.56. The van der Waals surface area contributed by atoms with Gasteiger partial charge in [0.25, 0.3) is 5.91 Å². The van der Waals surface area contributed by atoms with Gasteiger partial charge in [0.1, 0.15) is 5.75 Å². The van der Waals surface area contributed by atoms with Crippen LogP contribution in [0.3, 0.4) is 0 Å². The summed E-state index contributed by atoms with van der Waals surface area (Å²) >= 11 is 0. The summed E-state index contributed by atoms with van der Waals surface area (Å²) in [6.45, 7) is 0.979. The second kappa shape index (κ2) is 5.84. The molecule has 0 N–H and O–H groups in total. The van der Waals surface area contributed by atoms with Crippen LogP contribution in [-0.2, 0) is 19.2 Å². The molecule has 2 aliphatic carbocycles. The van der Waals surface area contributed by atoms with E-state index in [9.17, 15) is 9.59 Å². The van der Waals surface area contributed by atoms with E-state index in [0.29, 0.717) is 13.2 Å². The topological polar surface area (TPSA) is 65.1 Å². The molecule has 1 amide bonds. The zero-order valence-electron chi connectivity index (χ0n) is 14.5. The van der Waals surface area contributed by atoms with Crippen molar-refractivity contribution in [2.45, 2.75) is 12.5 Å². The Morgan fingerprint density at radius 2 is 1.88 bits per heavy atom. The lowest BCUT2D eigenvalue weighted by atomic mass is 9.81. The van der Waals surface area contributed by atoms with E-state index in [1.54, 1.807) is 0 Å². The molecular formula is C20H21NO5. The maximum atomic E-state index is 13.5. The van der Waals surface area contributed by atoms with Crippen LogP contribution in [0.5, 0.6) is 5.75 Å². The van der Waals surface area contributed by atoms with E-state index in [-0.39, 0.29) is 35.7 Å². The smallest absolute Gasteiger partial charge is 0.310 e. The zero-order valence-corrected chi connectivity index (χ0v) is 14.5. The number of allylic oxidation sites excluding steroid dienone is 2. The molecular weight excluding hydrogens is 334 g/mol. The van der Waals surface area contributed by atoms with E-state index in [1.165, 1.54) is 12.2 Å². The van der Waals surface area contributed by atoms with Crippen molar-refractivity contribution in [1.82, 2.24) is 5.06 Å². The SMILES string of the molecule is COC(=O)[C@H]1[C@@H](C(=O)N2OC[C@@H]3COc4ccccc4[C@@H]32)[C@H]2C=C[C@@H]1C2. The second-order valence-corrected chi connectivity index (χ2v) is 7.54. The Morgan fingerprint density at radius 1 is 1.12 bits per heavy atom. The fourth-order valence-corrected chi connectivity index (χ4v) is 5.08. The van der Waals surface area contributed by atoms with Gasteiger partial charge in [-0.05, 0) is 24.3 Å². The monoisotopic (exact) mass is 355 g/mol. The van der Waals surface area contributed by atoms with Gasteiger partial charge in [-0.1, -0.05) is 30.4 Å². The molecule has 0 aromatic heterocycles.